The molecule has 1 aromatic heterocycles. The number of aromatic carboxylic acids is 1. The zero-order valence-electron chi connectivity index (χ0n) is 14.5. The number of amides is 1. The molecule has 0 unspecified atom stereocenters. The summed E-state index contributed by atoms with van der Waals surface area (Å²) < 4.78 is 84.2. The third-order valence-electron chi connectivity index (χ3n) is 3.49. The van der Waals surface area contributed by atoms with Gasteiger partial charge in [0.2, 0.25) is 0 Å². The molecular weight excluding hydrogens is 410 g/mol. The van der Waals surface area contributed by atoms with Crippen molar-refractivity contribution in [3.63, 3.8) is 0 Å². The molecule has 0 saturated carbocycles. The van der Waals surface area contributed by atoms with Crippen LogP contribution in [0, 0.1) is 0 Å². The van der Waals surface area contributed by atoms with Gasteiger partial charge in [-0.25, -0.2) is 4.79 Å². The molecule has 12 heteroatoms. The van der Waals surface area contributed by atoms with Gasteiger partial charge < -0.3 is 15.2 Å². The fourth-order valence-electron chi connectivity index (χ4n) is 2.27. The highest BCUT2D eigenvalue weighted by Gasteiger charge is 2.42. The second kappa shape index (κ2) is 7.97. The van der Waals surface area contributed by atoms with Gasteiger partial charge in [-0.3, -0.25) is 9.78 Å². The van der Waals surface area contributed by atoms with Crippen molar-refractivity contribution in [1.82, 2.24) is 4.98 Å². The van der Waals surface area contributed by atoms with Crippen LogP contribution in [0.4, 0.5) is 32.0 Å². The van der Waals surface area contributed by atoms with Gasteiger partial charge in [-0.1, -0.05) is 0 Å². The summed E-state index contributed by atoms with van der Waals surface area (Å²) in [5.41, 5.74) is -4.88. The zero-order valence-corrected chi connectivity index (χ0v) is 14.5. The molecule has 0 fully saturated rings. The SMILES string of the molecule is CCOc1c(C(F)(F)F)cc(NC(=O)c2ccc(C(=O)O)cn2)cc1C(F)(F)F. The van der Waals surface area contributed by atoms with E-state index in [-0.39, 0.29) is 5.56 Å². The number of nitrogens with zero attached hydrogens (tertiary/aromatic N) is 1. The number of rotatable bonds is 5. The van der Waals surface area contributed by atoms with Gasteiger partial charge in [-0.05, 0) is 31.2 Å². The molecule has 0 saturated heterocycles. The van der Waals surface area contributed by atoms with Crippen LogP contribution in [0.5, 0.6) is 5.75 Å². The number of hydrogen-bond donors (Lipinski definition) is 2. The Bertz CT molecular complexity index is 888. The van der Waals surface area contributed by atoms with Gasteiger partial charge in [0.25, 0.3) is 5.91 Å². The van der Waals surface area contributed by atoms with E-state index in [0.29, 0.717) is 12.1 Å². The molecule has 2 N–H and O–H groups in total. The summed E-state index contributed by atoms with van der Waals surface area (Å²) in [6.07, 6.45) is -9.56. The number of anilines is 1. The number of carbonyl (C=O) groups excluding carboxylic acids is 1. The summed E-state index contributed by atoms with van der Waals surface area (Å²) in [5, 5.41) is 10.7. The molecule has 0 aliphatic rings. The highest BCUT2D eigenvalue weighted by molar-refractivity contribution is 6.03. The van der Waals surface area contributed by atoms with Gasteiger partial charge in [0.15, 0.2) is 0 Å². The van der Waals surface area contributed by atoms with Gasteiger partial charge in [0.05, 0.1) is 12.2 Å². The minimum absolute atomic E-state index is 0.263. The third-order valence-corrected chi connectivity index (χ3v) is 3.49. The van der Waals surface area contributed by atoms with Gasteiger partial charge in [0, 0.05) is 11.9 Å². The minimum Gasteiger partial charge on any atom is -0.493 e. The first-order valence-electron chi connectivity index (χ1n) is 7.80. The van der Waals surface area contributed by atoms with Crippen molar-refractivity contribution in [1.29, 1.82) is 0 Å². The first kappa shape index (κ1) is 22.0. The van der Waals surface area contributed by atoms with Crippen molar-refractivity contribution in [2.75, 3.05) is 11.9 Å². The molecule has 0 aliphatic heterocycles. The average molecular weight is 422 g/mol. The molecule has 2 aromatic rings. The van der Waals surface area contributed by atoms with E-state index >= 15 is 0 Å². The highest BCUT2D eigenvalue weighted by atomic mass is 19.4. The van der Waals surface area contributed by atoms with E-state index in [2.05, 4.69) is 9.72 Å². The number of hydrogen-bond acceptors (Lipinski definition) is 4. The van der Waals surface area contributed by atoms with E-state index in [1.807, 2.05) is 5.32 Å². The second-order valence-electron chi connectivity index (χ2n) is 5.52. The molecule has 1 amide bonds. The Morgan fingerprint density at radius 2 is 1.62 bits per heavy atom. The van der Waals surface area contributed by atoms with E-state index in [4.69, 9.17) is 5.11 Å². The van der Waals surface area contributed by atoms with Crippen LogP contribution in [0.25, 0.3) is 0 Å². The standard InChI is InChI=1S/C17H12F6N2O4/c1-2-29-13-10(16(18,19)20)5-9(6-11(13)17(21,22)23)25-14(26)12-4-3-8(7-24-12)15(27)28/h3-7H,2H2,1H3,(H,25,26)(H,27,28). The van der Waals surface area contributed by atoms with E-state index in [1.165, 1.54) is 6.92 Å². The van der Waals surface area contributed by atoms with E-state index in [9.17, 15) is 35.9 Å². The highest BCUT2D eigenvalue weighted by Crippen LogP contribution is 2.46. The number of pyridine rings is 1. The molecule has 1 aromatic carbocycles. The number of alkyl halides is 6. The molecular formula is C17H12F6N2O4. The monoisotopic (exact) mass is 422 g/mol. The smallest absolute Gasteiger partial charge is 0.420 e. The Labute approximate surface area is 159 Å². The van der Waals surface area contributed by atoms with Crippen molar-refractivity contribution >= 4 is 17.6 Å². The Morgan fingerprint density at radius 3 is 2.00 bits per heavy atom. The maximum absolute atomic E-state index is 13.3. The Morgan fingerprint density at radius 1 is 1.07 bits per heavy atom. The average Bonchev–Trinajstić information content (AvgIpc) is 2.61. The Kier molecular flexibility index (Phi) is 6.04. The maximum atomic E-state index is 13.3. The van der Waals surface area contributed by atoms with Crippen molar-refractivity contribution < 1.29 is 45.8 Å². The van der Waals surface area contributed by atoms with Crippen molar-refractivity contribution in [2.45, 2.75) is 19.3 Å². The van der Waals surface area contributed by atoms with Crippen LogP contribution in [0.3, 0.4) is 0 Å². The maximum Gasteiger partial charge on any atom is 0.420 e. The summed E-state index contributed by atoms with van der Waals surface area (Å²) in [6, 6.07) is 2.58. The normalized spacial score (nSPS) is 11.8. The Hall–Kier alpha value is -3.31. The number of carbonyl (C=O) groups is 2. The molecule has 0 bridgehead atoms. The molecule has 6 nitrogen and oxygen atoms in total. The Balaban J connectivity index is 2.49. The number of carboxylic acids is 1. The molecule has 0 radical (unpaired) electrons. The molecule has 29 heavy (non-hydrogen) atoms. The lowest BCUT2D eigenvalue weighted by molar-refractivity contribution is -0.145. The fraction of sp³-hybridized carbons (Fsp3) is 0.235. The first-order chi connectivity index (χ1) is 13.3. The number of halogens is 6. The second-order valence-corrected chi connectivity index (χ2v) is 5.52. The van der Waals surface area contributed by atoms with Crippen molar-refractivity contribution in [2.24, 2.45) is 0 Å². The predicted molar refractivity (Wildman–Crippen MR) is 86.8 cm³/mol. The van der Waals surface area contributed by atoms with E-state index in [1.54, 1.807) is 0 Å². The number of aromatic nitrogens is 1. The summed E-state index contributed by atoms with van der Waals surface area (Å²) in [7, 11) is 0. The van der Waals surface area contributed by atoms with Crippen LogP contribution in [0.1, 0.15) is 38.9 Å². The first-order valence-corrected chi connectivity index (χ1v) is 7.80. The van der Waals surface area contributed by atoms with Crippen LogP contribution >= 0.6 is 0 Å². The van der Waals surface area contributed by atoms with Crippen LogP contribution in [0.15, 0.2) is 30.5 Å². The van der Waals surface area contributed by atoms with E-state index < -0.39 is 59.1 Å². The number of carboxylic acid groups (broad SMARTS) is 1. The van der Waals surface area contributed by atoms with Crippen LogP contribution in [-0.4, -0.2) is 28.6 Å². The summed E-state index contributed by atoms with van der Waals surface area (Å²) in [5.74, 6) is -3.86. The summed E-state index contributed by atoms with van der Waals surface area (Å²) in [6.45, 7) is 0.778. The van der Waals surface area contributed by atoms with E-state index in [0.717, 1.165) is 18.3 Å². The summed E-state index contributed by atoms with van der Waals surface area (Å²) >= 11 is 0. The van der Waals surface area contributed by atoms with Crippen molar-refractivity contribution in [3.8, 4) is 5.75 Å². The lowest BCUT2D eigenvalue weighted by Gasteiger charge is -2.20. The van der Waals surface area contributed by atoms with Crippen LogP contribution < -0.4 is 10.1 Å². The zero-order chi connectivity index (χ0) is 22.0. The van der Waals surface area contributed by atoms with Crippen LogP contribution in [0.2, 0.25) is 0 Å². The van der Waals surface area contributed by atoms with Gasteiger partial charge >= 0.3 is 18.3 Å². The molecule has 156 valence electrons. The number of nitrogens with one attached hydrogen (secondary N) is 1. The largest absolute Gasteiger partial charge is 0.493 e. The molecule has 0 spiro atoms. The molecule has 0 aliphatic carbocycles. The van der Waals surface area contributed by atoms with Crippen LogP contribution in [-0.2, 0) is 12.4 Å². The van der Waals surface area contributed by atoms with Gasteiger partial charge in [-0.2, -0.15) is 26.3 Å². The molecule has 2 rings (SSSR count). The van der Waals surface area contributed by atoms with Gasteiger partial charge in [-0.15, -0.1) is 0 Å². The quantitative estimate of drug-likeness (QED) is 0.695. The third kappa shape index (κ3) is 5.15. The molecule has 1 heterocycles. The molecule has 0 atom stereocenters. The lowest BCUT2D eigenvalue weighted by atomic mass is 10.1. The van der Waals surface area contributed by atoms with Gasteiger partial charge in [0.1, 0.15) is 22.6 Å². The summed E-state index contributed by atoms with van der Waals surface area (Å²) in [4.78, 5) is 26.4. The lowest BCUT2D eigenvalue weighted by Crippen LogP contribution is -2.19. The fourth-order valence-corrected chi connectivity index (χ4v) is 2.27. The predicted octanol–water partition coefficient (Wildman–Crippen LogP) is 4.47. The number of ether oxygens (including phenoxy) is 1. The topological polar surface area (TPSA) is 88.5 Å². The minimum atomic E-state index is -5.19. The number of benzene rings is 1. The van der Waals surface area contributed by atoms with Crippen molar-refractivity contribution in [3.05, 3.63) is 52.8 Å².